The van der Waals surface area contributed by atoms with Gasteiger partial charge in [0.1, 0.15) is 0 Å². The van der Waals surface area contributed by atoms with Gasteiger partial charge in [-0.1, -0.05) is 0 Å². The van der Waals surface area contributed by atoms with E-state index in [-0.39, 0.29) is 6.04 Å². The summed E-state index contributed by atoms with van der Waals surface area (Å²) in [4.78, 5) is 9.79. The third-order valence-electron chi connectivity index (χ3n) is 3.14. The van der Waals surface area contributed by atoms with Gasteiger partial charge in [0.2, 0.25) is 0 Å². The number of nitrogens with zero attached hydrogens (tertiary/aromatic N) is 2. The maximum absolute atomic E-state index is 4.34. The van der Waals surface area contributed by atoms with Crippen LogP contribution in [-0.2, 0) is 6.42 Å². The summed E-state index contributed by atoms with van der Waals surface area (Å²) in [6.45, 7) is 2.16. The number of thiophene rings is 1. The Kier molecular flexibility index (Phi) is 4.08. The van der Waals surface area contributed by atoms with Crippen molar-refractivity contribution in [3.05, 3.63) is 63.6 Å². The first kappa shape index (κ1) is 13.3. The fraction of sp³-hybridized carbons (Fsp3) is 0.200. The Morgan fingerprint density at radius 2 is 1.95 bits per heavy atom. The summed E-state index contributed by atoms with van der Waals surface area (Å²) in [5, 5.41) is 8.66. The van der Waals surface area contributed by atoms with Gasteiger partial charge in [-0.25, -0.2) is 4.98 Å². The van der Waals surface area contributed by atoms with Gasteiger partial charge in [0.15, 0.2) is 5.13 Å². The number of hydrogen-bond acceptors (Lipinski definition) is 5. The monoisotopic (exact) mass is 301 g/mol. The van der Waals surface area contributed by atoms with Crippen molar-refractivity contribution in [3.63, 3.8) is 0 Å². The Morgan fingerprint density at radius 1 is 1.10 bits per heavy atom. The molecule has 0 bridgehead atoms. The van der Waals surface area contributed by atoms with Crippen molar-refractivity contribution in [1.29, 1.82) is 0 Å². The number of nitrogens with one attached hydrogen (secondary N) is 1. The van der Waals surface area contributed by atoms with Crippen LogP contribution in [0, 0.1) is 6.92 Å². The van der Waals surface area contributed by atoms with Crippen molar-refractivity contribution >= 4 is 27.8 Å². The van der Waals surface area contributed by atoms with Crippen LogP contribution < -0.4 is 5.32 Å². The highest BCUT2D eigenvalue weighted by atomic mass is 32.1. The van der Waals surface area contributed by atoms with Gasteiger partial charge in [0.25, 0.3) is 0 Å². The van der Waals surface area contributed by atoms with Gasteiger partial charge in [-0.15, -0.1) is 22.7 Å². The molecule has 0 amide bonds. The zero-order valence-electron chi connectivity index (χ0n) is 11.1. The van der Waals surface area contributed by atoms with Crippen molar-refractivity contribution in [1.82, 2.24) is 9.97 Å². The molecule has 0 fully saturated rings. The lowest BCUT2D eigenvalue weighted by molar-refractivity contribution is 0.783. The number of anilines is 1. The van der Waals surface area contributed by atoms with Crippen LogP contribution >= 0.6 is 22.7 Å². The van der Waals surface area contributed by atoms with Gasteiger partial charge >= 0.3 is 0 Å². The molecule has 0 radical (unpaired) electrons. The van der Waals surface area contributed by atoms with Crippen molar-refractivity contribution in [2.75, 3.05) is 5.32 Å². The standard InChI is InChI=1S/C15H15N3S2/c1-11-4-8-19-14(11)13(18-15-17-7-9-20-15)10-12-2-5-16-6-3-12/h2-9,13H,10H2,1H3,(H,17,18). The summed E-state index contributed by atoms with van der Waals surface area (Å²) in [6.07, 6.45) is 6.45. The van der Waals surface area contributed by atoms with Gasteiger partial charge in [-0.2, -0.15) is 0 Å². The fourth-order valence-electron chi connectivity index (χ4n) is 2.15. The van der Waals surface area contributed by atoms with E-state index in [9.17, 15) is 0 Å². The second-order valence-corrected chi connectivity index (χ2v) is 6.40. The average Bonchev–Trinajstić information content (AvgIpc) is 3.11. The molecule has 3 heterocycles. The van der Waals surface area contributed by atoms with E-state index in [0.717, 1.165) is 11.6 Å². The summed E-state index contributed by atoms with van der Waals surface area (Å²) < 4.78 is 0. The highest BCUT2D eigenvalue weighted by Gasteiger charge is 2.16. The molecule has 102 valence electrons. The molecule has 0 aliphatic rings. The minimum absolute atomic E-state index is 0.253. The maximum Gasteiger partial charge on any atom is 0.183 e. The minimum atomic E-state index is 0.253. The van der Waals surface area contributed by atoms with Crippen LogP contribution in [0.25, 0.3) is 0 Å². The Bertz CT molecular complexity index is 647. The summed E-state index contributed by atoms with van der Waals surface area (Å²) >= 11 is 3.43. The summed E-state index contributed by atoms with van der Waals surface area (Å²) in [5.41, 5.74) is 2.61. The molecule has 0 spiro atoms. The van der Waals surface area contributed by atoms with Crippen molar-refractivity contribution in [2.24, 2.45) is 0 Å². The first-order valence-corrected chi connectivity index (χ1v) is 8.18. The second-order valence-electron chi connectivity index (χ2n) is 4.56. The summed E-state index contributed by atoms with van der Waals surface area (Å²) in [5.74, 6) is 0. The molecule has 0 saturated carbocycles. The van der Waals surface area contributed by atoms with Gasteiger partial charge in [-0.3, -0.25) is 4.98 Å². The molecule has 1 unspecified atom stereocenters. The molecular formula is C15H15N3S2. The topological polar surface area (TPSA) is 37.8 Å². The maximum atomic E-state index is 4.34. The largest absolute Gasteiger partial charge is 0.354 e. The molecule has 0 aromatic carbocycles. The molecule has 3 aromatic heterocycles. The van der Waals surface area contributed by atoms with Crippen LogP contribution in [0.5, 0.6) is 0 Å². The lowest BCUT2D eigenvalue weighted by atomic mass is 10.0. The Balaban J connectivity index is 1.85. The number of hydrogen-bond donors (Lipinski definition) is 1. The van der Waals surface area contributed by atoms with Crippen molar-refractivity contribution in [2.45, 2.75) is 19.4 Å². The molecule has 3 nitrogen and oxygen atoms in total. The van der Waals surface area contributed by atoms with E-state index in [1.807, 2.05) is 24.0 Å². The predicted molar refractivity (Wildman–Crippen MR) is 85.5 cm³/mol. The Labute approximate surface area is 126 Å². The smallest absolute Gasteiger partial charge is 0.183 e. The number of pyridine rings is 1. The van der Waals surface area contributed by atoms with Crippen LogP contribution in [0.1, 0.15) is 22.0 Å². The third kappa shape index (κ3) is 3.05. The lowest BCUT2D eigenvalue weighted by Gasteiger charge is -2.18. The van der Waals surface area contributed by atoms with Crippen LogP contribution in [0.4, 0.5) is 5.13 Å². The van der Waals surface area contributed by atoms with Crippen molar-refractivity contribution in [3.8, 4) is 0 Å². The van der Waals surface area contributed by atoms with E-state index in [1.165, 1.54) is 16.0 Å². The van der Waals surface area contributed by atoms with E-state index in [1.54, 1.807) is 22.7 Å². The Morgan fingerprint density at radius 3 is 2.60 bits per heavy atom. The number of aromatic nitrogens is 2. The summed E-state index contributed by atoms with van der Waals surface area (Å²) in [6, 6.07) is 6.56. The van der Waals surface area contributed by atoms with Gasteiger partial charge < -0.3 is 5.32 Å². The highest BCUT2D eigenvalue weighted by molar-refractivity contribution is 7.13. The zero-order valence-corrected chi connectivity index (χ0v) is 12.7. The molecular weight excluding hydrogens is 286 g/mol. The molecule has 0 aliphatic carbocycles. The number of aryl methyl sites for hydroxylation is 1. The van der Waals surface area contributed by atoms with E-state index < -0.39 is 0 Å². The molecule has 3 rings (SSSR count). The van der Waals surface area contributed by atoms with Crippen LogP contribution in [0.3, 0.4) is 0 Å². The van der Waals surface area contributed by atoms with Crippen LogP contribution in [-0.4, -0.2) is 9.97 Å². The predicted octanol–water partition coefficient (Wildman–Crippen LogP) is 4.30. The quantitative estimate of drug-likeness (QED) is 0.763. The lowest BCUT2D eigenvalue weighted by Crippen LogP contribution is -2.13. The SMILES string of the molecule is Cc1ccsc1C(Cc1ccncc1)Nc1nccs1. The first-order chi connectivity index (χ1) is 9.83. The van der Waals surface area contributed by atoms with Crippen LogP contribution in [0.15, 0.2) is 47.5 Å². The van der Waals surface area contributed by atoms with Crippen molar-refractivity contribution < 1.29 is 0 Å². The molecule has 1 atom stereocenters. The normalized spacial score (nSPS) is 12.2. The highest BCUT2D eigenvalue weighted by Crippen LogP contribution is 2.30. The summed E-state index contributed by atoms with van der Waals surface area (Å²) in [7, 11) is 0. The molecule has 1 N–H and O–H groups in total. The van der Waals surface area contributed by atoms with E-state index in [0.29, 0.717) is 0 Å². The number of thiazole rings is 1. The fourth-order valence-corrected chi connectivity index (χ4v) is 3.71. The van der Waals surface area contributed by atoms with E-state index >= 15 is 0 Å². The molecule has 0 saturated heterocycles. The zero-order chi connectivity index (χ0) is 13.8. The average molecular weight is 301 g/mol. The van der Waals surface area contributed by atoms with Gasteiger partial charge in [-0.05, 0) is 48.1 Å². The Hall–Kier alpha value is -1.72. The molecule has 5 heteroatoms. The van der Waals surface area contributed by atoms with E-state index in [2.05, 4.69) is 45.8 Å². The van der Waals surface area contributed by atoms with Gasteiger partial charge in [0.05, 0.1) is 6.04 Å². The third-order valence-corrected chi connectivity index (χ3v) is 4.97. The van der Waals surface area contributed by atoms with Gasteiger partial charge in [0, 0.05) is 28.8 Å². The molecule has 3 aromatic rings. The minimum Gasteiger partial charge on any atom is -0.354 e. The number of rotatable bonds is 5. The molecule has 0 aliphatic heterocycles. The first-order valence-electron chi connectivity index (χ1n) is 6.42. The molecule has 20 heavy (non-hydrogen) atoms. The van der Waals surface area contributed by atoms with E-state index in [4.69, 9.17) is 0 Å². The van der Waals surface area contributed by atoms with Crippen LogP contribution in [0.2, 0.25) is 0 Å². The second kappa shape index (κ2) is 6.15.